The summed E-state index contributed by atoms with van der Waals surface area (Å²) >= 11 is 5.74. The van der Waals surface area contributed by atoms with Crippen LogP contribution < -0.4 is 11.1 Å². The van der Waals surface area contributed by atoms with Crippen molar-refractivity contribution in [3.8, 4) is 0 Å². The predicted octanol–water partition coefficient (Wildman–Crippen LogP) is 2.15. The molecule has 3 rings (SSSR count). The number of oxazole rings is 1. The molecule has 0 aliphatic rings. The zero-order valence-corrected chi connectivity index (χ0v) is 11.2. The van der Waals surface area contributed by atoms with Gasteiger partial charge in [-0.15, -0.1) is 0 Å². The molecule has 0 fully saturated rings. The van der Waals surface area contributed by atoms with Crippen molar-refractivity contribution in [1.82, 2.24) is 14.5 Å². The van der Waals surface area contributed by atoms with E-state index in [1.165, 1.54) is 6.20 Å². The SMILES string of the molecule is O=c1oc2ccccc2n1CCNc1cncc(Cl)n1. The van der Waals surface area contributed by atoms with Gasteiger partial charge in [0.05, 0.1) is 17.9 Å². The number of nitrogens with zero attached hydrogens (tertiary/aromatic N) is 3. The molecule has 2 aromatic heterocycles. The first-order valence-electron chi connectivity index (χ1n) is 6.04. The highest BCUT2D eigenvalue weighted by molar-refractivity contribution is 6.29. The van der Waals surface area contributed by atoms with E-state index in [1.54, 1.807) is 16.8 Å². The Bertz CT molecular complexity index is 796. The minimum Gasteiger partial charge on any atom is -0.408 e. The van der Waals surface area contributed by atoms with Crippen LogP contribution in [0.5, 0.6) is 0 Å². The quantitative estimate of drug-likeness (QED) is 0.797. The summed E-state index contributed by atoms with van der Waals surface area (Å²) in [4.78, 5) is 19.7. The molecule has 0 aliphatic heterocycles. The molecular formula is C13H11ClN4O2. The zero-order valence-electron chi connectivity index (χ0n) is 10.4. The third-order valence-electron chi connectivity index (χ3n) is 2.82. The minimum atomic E-state index is -0.370. The third-order valence-corrected chi connectivity index (χ3v) is 3.00. The van der Waals surface area contributed by atoms with E-state index in [0.29, 0.717) is 29.6 Å². The van der Waals surface area contributed by atoms with Gasteiger partial charge in [-0.2, -0.15) is 0 Å². The molecule has 0 spiro atoms. The second-order valence-electron chi connectivity index (χ2n) is 4.14. The first kappa shape index (κ1) is 12.7. The Balaban J connectivity index is 1.74. The molecule has 1 N–H and O–H groups in total. The van der Waals surface area contributed by atoms with E-state index >= 15 is 0 Å². The Morgan fingerprint density at radius 2 is 2.15 bits per heavy atom. The van der Waals surface area contributed by atoms with Crippen molar-refractivity contribution in [2.24, 2.45) is 0 Å². The van der Waals surface area contributed by atoms with Crippen LogP contribution in [0.3, 0.4) is 0 Å². The van der Waals surface area contributed by atoms with Crippen LogP contribution in [0.1, 0.15) is 0 Å². The van der Waals surface area contributed by atoms with Crippen molar-refractivity contribution in [3.05, 3.63) is 52.4 Å². The van der Waals surface area contributed by atoms with Gasteiger partial charge in [0.15, 0.2) is 5.58 Å². The minimum absolute atomic E-state index is 0.320. The Labute approximate surface area is 119 Å². The molecule has 0 saturated carbocycles. The summed E-state index contributed by atoms with van der Waals surface area (Å²) in [7, 11) is 0. The van der Waals surface area contributed by atoms with Crippen LogP contribution in [0.2, 0.25) is 5.15 Å². The van der Waals surface area contributed by atoms with Gasteiger partial charge in [0.2, 0.25) is 0 Å². The van der Waals surface area contributed by atoms with E-state index in [2.05, 4.69) is 15.3 Å². The van der Waals surface area contributed by atoms with Crippen molar-refractivity contribution in [2.45, 2.75) is 6.54 Å². The fraction of sp³-hybridized carbons (Fsp3) is 0.154. The average molecular weight is 291 g/mol. The van der Waals surface area contributed by atoms with Crippen LogP contribution in [0.25, 0.3) is 11.1 Å². The van der Waals surface area contributed by atoms with E-state index in [4.69, 9.17) is 16.0 Å². The van der Waals surface area contributed by atoms with Crippen molar-refractivity contribution in [3.63, 3.8) is 0 Å². The van der Waals surface area contributed by atoms with Crippen molar-refractivity contribution in [1.29, 1.82) is 0 Å². The number of fused-ring (bicyclic) bond motifs is 1. The van der Waals surface area contributed by atoms with Crippen LogP contribution >= 0.6 is 11.6 Å². The van der Waals surface area contributed by atoms with Gasteiger partial charge in [0.1, 0.15) is 11.0 Å². The molecular weight excluding hydrogens is 280 g/mol. The molecule has 0 bridgehead atoms. The standard InChI is InChI=1S/C13H11ClN4O2/c14-11-7-15-8-12(17-11)16-5-6-18-9-3-1-2-4-10(9)20-13(18)19/h1-4,7-8H,5-6H2,(H,16,17). The third kappa shape index (κ3) is 2.50. The lowest BCUT2D eigenvalue weighted by Crippen LogP contribution is -2.19. The Morgan fingerprint density at radius 3 is 3.00 bits per heavy atom. The molecule has 0 atom stereocenters. The maximum Gasteiger partial charge on any atom is 0.420 e. The van der Waals surface area contributed by atoms with Crippen molar-refractivity contribution >= 4 is 28.5 Å². The molecule has 102 valence electrons. The van der Waals surface area contributed by atoms with E-state index < -0.39 is 0 Å². The van der Waals surface area contributed by atoms with E-state index in [0.717, 1.165) is 5.52 Å². The topological polar surface area (TPSA) is 73.0 Å². The average Bonchev–Trinajstić information content (AvgIpc) is 2.75. The largest absolute Gasteiger partial charge is 0.420 e. The summed E-state index contributed by atoms with van der Waals surface area (Å²) < 4.78 is 6.72. The predicted molar refractivity (Wildman–Crippen MR) is 76.0 cm³/mol. The molecule has 0 saturated heterocycles. The van der Waals surface area contributed by atoms with E-state index in [1.807, 2.05) is 18.2 Å². The number of para-hydroxylation sites is 2. The van der Waals surface area contributed by atoms with Gasteiger partial charge < -0.3 is 9.73 Å². The lowest BCUT2D eigenvalue weighted by Gasteiger charge is -2.05. The van der Waals surface area contributed by atoms with Crippen LogP contribution in [0.4, 0.5) is 5.82 Å². The second-order valence-corrected chi connectivity index (χ2v) is 4.53. The van der Waals surface area contributed by atoms with Gasteiger partial charge in [-0.25, -0.2) is 9.78 Å². The van der Waals surface area contributed by atoms with Crippen LogP contribution in [0, 0.1) is 0 Å². The first-order valence-corrected chi connectivity index (χ1v) is 6.41. The Kier molecular flexibility index (Phi) is 3.39. The molecule has 2 heterocycles. The molecule has 0 radical (unpaired) electrons. The molecule has 6 nitrogen and oxygen atoms in total. The molecule has 20 heavy (non-hydrogen) atoms. The highest BCUT2D eigenvalue weighted by Gasteiger charge is 2.07. The van der Waals surface area contributed by atoms with Crippen LogP contribution in [-0.2, 0) is 6.54 Å². The highest BCUT2D eigenvalue weighted by atomic mass is 35.5. The highest BCUT2D eigenvalue weighted by Crippen LogP contribution is 2.11. The second kappa shape index (κ2) is 5.34. The molecule has 7 heteroatoms. The smallest absolute Gasteiger partial charge is 0.408 e. The van der Waals surface area contributed by atoms with Gasteiger partial charge in [-0.05, 0) is 12.1 Å². The van der Waals surface area contributed by atoms with E-state index in [9.17, 15) is 4.79 Å². The zero-order chi connectivity index (χ0) is 13.9. The maximum atomic E-state index is 11.8. The monoisotopic (exact) mass is 290 g/mol. The number of anilines is 1. The van der Waals surface area contributed by atoms with Gasteiger partial charge in [0.25, 0.3) is 0 Å². The number of halogens is 1. The lowest BCUT2D eigenvalue weighted by atomic mass is 10.3. The van der Waals surface area contributed by atoms with Gasteiger partial charge >= 0.3 is 5.76 Å². The number of benzene rings is 1. The number of aromatic nitrogens is 3. The van der Waals surface area contributed by atoms with Gasteiger partial charge in [-0.3, -0.25) is 9.55 Å². The molecule has 1 aromatic carbocycles. The fourth-order valence-corrected chi connectivity index (χ4v) is 2.10. The van der Waals surface area contributed by atoms with Crippen molar-refractivity contribution in [2.75, 3.05) is 11.9 Å². The van der Waals surface area contributed by atoms with Crippen LogP contribution in [0.15, 0.2) is 45.9 Å². The molecule has 0 unspecified atom stereocenters. The summed E-state index contributed by atoms with van der Waals surface area (Å²) in [5, 5.41) is 3.38. The Hall–Kier alpha value is -2.34. The molecule has 3 aromatic rings. The summed E-state index contributed by atoms with van der Waals surface area (Å²) in [6.45, 7) is 0.975. The summed E-state index contributed by atoms with van der Waals surface area (Å²) in [6, 6.07) is 7.31. The summed E-state index contributed by atoms with van der Waals surface area (Å²) in [6.07, 6.45) is 3.03. The van der Waals surface area contributed by atoms with Crippen LogP contribution in [-0.4, -0.2) is 21.1 Å². The summed E-state index contributed by atoms with van der Waals surface area (Å²) in [5.74, 6) is 0.198. The lowest BCUT2D eigenvalue weighted by molar-refractivity contribution is 0.509. The van der Waals surface area contributed by atoms with Crippen molar-refractivity contribution < 1.29 is 4.42 Å². The molecule has 0 aliphatic carbocycles. The fourth-order valence-electron chi connectivity index (χ4n) is 1.95. The van der Waals surface area contributed by atoms with Gasteiger partial charge in [-0.1, -0.05) is 23.7 Å². The summed E-state index contributed by atoms with van der Waals surface area (Å²) in [5.41, 5.74) is 1.36. The van der Waals surface area contributed by atoms with Gasteiger partial charge in [0, 0.05) is 13.1 Å². The normalized spacial score (nSPS) is 10.8. The van der Waals surface area contributed by atoms with E-state index in [-0.39, 0.29) is 5.76 Å². The first-order chi connectivity index (χ1) is 9.74. The number of rotatable bonds is 4. The number of hydrogen-bond acceptors (Lipinski definition) is 5. The number of nitrogens with one attached hydrogen (secondary N) is 1. The Morgan fingerprint density at radius 1 is 1.30 bits per heavy atom. The molecule has 0 amide bonds. The number of hydrogen-bond donors (Lipinski definition) is 1. The maximum absolute atomic E-state index is 11.8.